The monoisotopic (exact) mass is 315 g/mol. The van der Waals surface area contributed by atoms with Gasteiger partial charge in [-0.25, -0.2) is 4.79 Å². The Labute approximate surface area is 136 Å². The maximum atomic E-state index is 12.4. The van der Waals surface area contributed by atoms with Crippen LogP contribution in [-0.2, 0) is 16.0 Å². The number of carbonyl (C=O) groups excluding carboxylic acids is 2. The second-order valence-corrected chi connectivity index (χ2v) is 6.46. The molecule has 1 fully saturated rings. The summed E-state index contributed by atoms with van der Waals surface area (Å²) in [6.07, 6.45) is 0.344. The lowest BCUT2D eigenvalue weighted by molar-refractivity contribution is -0.125. The van der Waals surface area contributed by atoms with E-state index in [1.807, 2.05) is 6.07 Å². The number of amides is 2. The maximum absolute atomic E-state index is 12.4. The van der Waals surface area contributed by atoms with Crippen LogP contribution in [0.15, 0.2) is 24.3 Å². The molecule has 0 radical (unpaired) electrons. The van der Waals surface area contributed by atoms with Crippen molar-refractivity contribution in [2.24, 2.45) is 0 Å². The molecule has 0 unspecified atom stereocenters. The summed E-state index contributed by atoms with van der Waals surface area (Å²) in [5.41, 5.74) is 0.772. The van der Waals surface area contributed by atoms with Crippen LogP contribution in [0.25, 0.3) is 0 Å². The van der Waals surface area contributed by atoms with Gasteiger partial charge in [0.15, 0.2) is 0 Å². The third-order valence-electron chi connectivity index (χ3n) is 3.50. The summed E-state index contributed by atoms with van der Waals surface area (Å²) in [5, 5.41) is 11.6. The lowest BCUT2D eigenvalue weighted by atomic mass is 10.0. The zero-order valence-corrected chi connectivity index (χ0v) is 13.6. The van der Waals surface area contributed by atoms with Gasteiger partial charge in [0.2, 0.25) is 5.91 Å². The summed E-state index contributed by atoms with van der Waals surface area (Å²) in [6.45, 7) is 5.88. The van der Waals surface area contributed by atoms with Crippen LogP contribution in [0, 0.1) is 11.3 Å². The van der Waals surface area contributed by atoms with Crippen molar-refractivity contribution in [3.8, 4) is 6.07 Å². The second-order valence-electron chi connectivity index (χ2n) is 6.46. The van der Waals surface area contributed by atoms with E-state index in [9.17, 15) is 9.59 Å². The number of nitriles is 1. The van der Waals surface area contributed by atoms with Crippen molar-refractivity contribution in [2.75, 3.05) is 11.9 Å². The van der Waals surface area contributed by atoms with Crippen LogP contribution in [0.4, 0.5) is 10.5 Å². The second kappa shape index (κ2) is 6.69. The number of benzene rings is 1. The molecule has 122 valence electrons. The molecule has 1 atom stereocenters. The van der Waals surface area contributed by atoms with Gasteiger partial charge in [-0.3, -0.25) is 9.69 Å². The highest BCUT2D eigenvalue weighted by Crippen LogP contribution is 2.24. The topological polar surface area (TPSA) is 82.4 Å². The van der Waals surface area contributed by atoms with Crippen LogP contribution in [0.1, 0.15) is 32.8 Å². The fourth-order valence-corrected chi connectivity index (χ4v) is 2.30. The van der Waals surface area contributed by atoms with Gasteiger partial charge in [0.25, 0.3) is 0 Å². The van der Waals surface area contributed by atoms with E-state index < -0.39 is 17.7 Å². The van der Waals surface area contributed by atoms with Crippen molar-refractivity contribution >= 4 is 17.7 Å². The average molecular weight is 315 g/mol. The van der Waals surface area contributed by atoms with Crippen molar-refractivity contribution in [2.45, 2.75) is 45.3 Å². The number of nitrogens with zero attached hydrogens (tertiary/aromatic N) is 2. The molecule has 1 heterocycles. The number of hydrogen-bond acceptors (Lipinski definition) is 4. The minimum absolute atomic E-state index is 0.219. The zero-order valence-electron chi connectivity index (χ0n) is 13.6. The van der Waals surface area contributed by atoms with Crippen LogP contribution < -0.4 is 5.32 Å². The first-order valence-electron chi connectivity index (χ1n) is 7.57. The molecule has 1 aliphatic rings. The maximum Gasteiger partial charge on any atom is 0.410 e. The molecule has 6 nitrogen and oxygen atoms in total. The Kier molecular flexibility index (Phi) is 4.89. The summed E-state index contributed by atoms with van der Waals surface area (Å²) in [4.78, 5) is 25.9. The molecule has 6 heteroatoms. The van der Waals surface area contributed by atoms with Gasteiger partial charge in [0, 0.05) is 12.2 Å². The largest absolute Gasteiger partial charge is 0.444 e. The molecule has 0 aliphatic carbocycles. The Morgan fingerprint density at radius 1 is 1.39 bits per heavy atom. The predicted molar refractivity (Wildman–Crippen MR) is 85.7 cm³/mol. The van der Waals surface area contributed by atoms with Crippen LogP contribution in [0.3, 0.4) is 0 Å². The number of anilines is 1. The molecule has 1 aromatic rings. The van der Waals surface area contributed by atoms with Gasteiger partial charge in [-0.2, -0.15) is 5.26 Å². The molecule has 0 aromatic heterocycles. The van der Waals surface area contributed by atoms with Crippen molar-refractivity contribution in [1.82, 2.24) is 4.90 Å². The van der Waals surface area contributed by atoms with E-state index in [0.717, 1.165) is 5.56 Å². The summed E-state index contributed by atoms with van der Waals surface area (Å²) in [5.74, 6) is -0.257. The number of para-hydroxylation sites is 1. The van der Waals surface area contributed by atoms with Gasteiger partial charge < -0.3 is 10.1 Å². The number of hydrogen-bond donors (Lipinski definition) is 1. The fourth-order valence-electron chi connectivity index (χ4n) is 2.30. The van der Waals surface area contributed by atoms with Crippen LogP contribution in [-0.4, -0.2) is 35.1 Å². The quantitative estimate of drug-likeness (QED) is 0.929. The molecule has 0 saturated carbocycles. The number of carbonyl (C=O) groups is 2. The van der Waals surface area contributed by atoms with E-state index in [4.69, 9.17) is 10.00 Å². The van der Waals surface area contributed by atoms with Crippen molar-refractivity contribution < 1.29 is 14.3 Å². The molecule has 0 spiro atoms. The lowest BCUT2D eigenvalue weighted by Crippen LogP contribution is -2.57. The Morgan fingerprint density at radius 3 is 2.65 bits per heavy atom. The number of rotatable bonds is 3. The third kappa shape index (κ3) is 4.22. The molecule has 1 aliphatic heterocycles. The van der Waals surface area contributed by atoms with E-state index in [-0.39, 0.29) is 12.3 Å². The molecular weight excluding hydrogens is 294 g/mol. The van der Waals surface area contributed by atoms with E-state index in [1.165, 1.54) is 4.90 Å². The number of nitrogens with one attached hydrogen (secondary N) is 1. The standard InChI is InChI=1S/C17H21N3O3/c1-17(2,3)23-16(22)20-11-9-14(20)15(21)19-13-7-5-4-6-12(13)8-10-18/h4-7,14H,8-9,11H2,1-3H3,(H,19,21)/t14-/m1/s1. The molecule has 23 heavy (non-hydrogen) atoms. The SMILES string of the molecule is CC(C)(C)OC(=O)N1CC[C@@H]1C(=O)Nc1ccccc1CC#N. The van der Waals surface area contributed by atoms with Gasteiger partial charge in [0.05, 0.1) is 12.5 Å². The Bertz CT molecular complexity index is 643. The predicted octanol–water partition coefficient (Wildman–Crippen LogP) is 2.70. The van der Waals surface area contributed by atoms with E-state index in [0.29, 0.717) is 18.7 Å². The number of ether oxygens (including phenoxy) is 1. The van der Waals surface area contributed by atoms with Crippen molar-refractivity contribution in [1.29, 1.82) is 5.26 Å². The third-order valence-corrected chi connectivity index (χ3v) is 3.50. The minimum Gasteiger partial charge on any atom is -0.444 e. The molecule has 0 bridgehead atoms. The summed E-state index contributed by atoms with van der Waals surface area (Å²) in [6, 6.07) is 8.70. The smallest absolute Gasteiger partial charge is 0.410 e. The fraction of sp³-hybridized carbons (Fsp3) is 0.471. The van der Waals surface area contributed by atoms with Gasteiger partial charge in [0.1, 0.15) is 11.6 Å². The molecule has 1 aromatic carbocycles. The summed E-state index contributed by atoms with van der Waals surface area (Å²) < 4.78 is 5.30. The lowest BCUT2D eigenvalue weighted by Gasteiger charge is -2.40. The summed E-state index contributed by atoms with van der Waals surface area (Å²) in [7, 11) is 0. The van der Waals surface area contributed by atoms with E-state index in [1.54, 1.807) is 39.0 Å². The first-order valence-corrected chi connectivity index (χ1v) is 7.57. The highest BCUT2D eigenvalue weighted by atomic mass is 16.6. The highest BCUT2D eigenvalue weighted by Gasteiger charge is 2.39. The van der Waals surface area contributed by atoms with Crippen molar-refractivity contribution in [3.05, 3.63) is 29.8 Å². The zero-order chi connectivity index (χ0) is 17.0. The Morgan fingerprint density at radius 2 is 2.09 bits per heavy atom. The summed E-state index contributed by atoms with van der Waals surface area (Å²) >= 11 is 0. The van der Waals surface area contributed by atoms with E-state index in [2.05, 4.69) is 11.4 Å². The average Bonchev–Trinajstić information content (AvgIpc) is 2.37. The van der Waals surface area contributed by atoms with Gasteiger partial charge in [-0.15, -0.1) is 0 Å². The normalized spacial score (nSPS) is 17.0. The Balaban J connectivity index is 2.02. The highest BCUT2D eigenvalue weighted by molar-refractivity contribution is 5.98. The molecular formula is C17H21N3O3. The molecule has 2 amide bonds. The van der Waals surface area contributed by atoms with Crippen molar-refractivity contribution in [3.63, 3.8) is 0 Å². The minimum atomic E-state index is -0.590. The van der Waals surface area contributed by atoms with E-state index >= 15 is 0 Å². The first kappa shape index (κ1) is 16.8. The molecule has 1 N–H and O–H groups in total. The van der Waals surface area contributed by atoms with Gasteiger partial charge in [-0.05, 0) is 38.8 Å². The Hall–Kier alpha value is -2.55. The first-order chi connectivity index (χ1) is 10.8. The van der Waals surface area contributed by atoms with Gasteiger partial charge >= 0.3 is 6.09 Å². The molecule has 2 rings (SSSR count). The molecule has 1 saturated heterocycles. The van der Waals surface area contributed by atoms with Crippen LogP contribution >= 0.6 is 0 Å². The van der Waals surface area contributed by atoms with Crippen LogP contribution in [0.5, 0.6) is 0 Å². The van der Waals surface area contributed by atoms with Crippen LogP contribution in [0.2, 0.25) is 0 Å². The van der Waals surface area contributed by atoms with Gasteiger partial charge in [-0.1, -0.05) is 18.2 Å². The number of likely N-dealkylation sites (tertiary alicyclic amines) is 1.